The molecule has 6 N–H and O–H groups in total. The van der Waals surface area contributed by atoms with Crippen molar-refractivity contribution in [3.8, 4) is 0 Å². The van der Waals surface area contributed by atoms with E-state index >= 15 is 0 Å². The van der Waals surface area contributed by atoms with Gasteiger partial charge in [0.2, 0.25) is 0 Å². The van der Waals surface area contributed by atoms with E-state index < -0.39 is 78.4 Å². The second-order valence-corrected chi connectivity index (χ2v) is 16.4. The fourth-order valence-corrected chi connectivity index (χ4v) is 6.09. The summed E-state index contributed by atoms with van der Waals surface area (Å²) in [5.41, 5.74) is 0. The number of phosphoric acid groups is 2. The van der Waals surface area contributed by atoms with Gasteiger partial charge < -0.3 is 39.5 Å². The third-order valence-electron chi connectivity index (χ3n) is 8.46. The van der Waals surface area contributed by atoms with Gasteiger partial charge in [0.05, 0.1) is 32.0 Å². The summed E-state index contributed by atoms with van der Waals surface area (Å²) < 4.78 is 47.4. The van der Waals surface area contributed by atoms with Gasteiger partial charge in [-0.3, -0.25) is 23.2 Å². The lowest BCUT2D eigenvalue weighted by atomic mass is 10.00. The van der Waals surface area contributed by atoms with Gasteiger partial charge in [0.25, 0.3) is 0 Å². The van der Waals surface area contributed by atoms with Crippen molar-refractivity contribution in [1.82, 2.24) is 0 Å². The van der Waals surface area contributed by atoms with Gasteiger partial charge in [-0.2, -0.15) is 0 Å². The fraction of sp³-hybridized carbons (Fsp3) is 0.744. The van der Waals surface area contributed by atoms with E-state index in [1.54, 1.807) is 6.08 Å². The molecule has 56 heavy (non-hydrogen) atoms. The highest BCUT2D eigenvalue weighted by Crippen LogP contribution is 2.43. The molecule has 0 fully saturated rings. The van der Waals surface area contributed by atoms with Crippen LogP contribution >= 0.6 is 15.6 Å². The first-order chi connectivity index (χ1) is 26.6. The summed E-state index contributed by atoms with van der Waals surface area (Å²) in [4.78, 5) is 52.5. The molecule has 0 radical (unpaired) electrons. The van der Waals surface area contributed by atoms with Crippen molar-refractivity contribution < 1.29 is 71.8 Å². The van der Waals surface area contributed by atoms with E-state index in [2.05, 4.69) is 60.2 Å². The Morgan fingerprint density at radius 1 is 0.607 bits per heavy atom. The monoisotopic (exact) mass is 840 g/mol. The van der Waals surface area contributed by atoms with E-state index in [1.807, 2.05) is 12.2 Å². The number of aliphatic hydroxyl groups is 3. The maximum absolute atomic E-state index is 12.6. The fourth-order valence-electron chi connectivity index (χ4n) is 4.94. The first kappa shape index (κ1) is 54.0. The number of aliphatic hydroxyl groups excluding tert-OH is 3. The third kappa shape index (κ3) is 35.2. The quantitative estimate of drug-likeness (QED) is 0.0157. The highest BCUT2D eigenvalue weighted by Gasteiger charge is 2.28. The molecule has 17 heteroatoms. The van der Waals surface area contributed by atoms with Crippen LogP contribution in [0.4, 0.5) is 0 Å². The molecular formula is C39H70O15P2. The lowest BCUT2D eigenvalue weighted by Gasteiger charge is -2.20. The van der Waals surface area contributed by atoms with E-state index in [9.17, 15) is 38.9 Å². The molecule has 6 atom stereocenters. The van der Waals surface area contributed by atoms with Crippen molar-refractivity contribution >= 4 is 27.6 Å². The molecular weight excluding hydrogens is 770 g/mol. The van der Waals surface area contributed by atoms with Crippen LogP contribution in [0.25, 0.3) is 0 Å². The second-order valence-electron chi connectivity index (χ2n) is 13.7. The second kappa shape index (κ2) is 33.9. The van der Waals surface area contributed by atoms with Gasteiger partial charge in [-0.25, -0.2) is 9.13 Å². The van der Waals surface area contributed by atoms with E-state index in [1.165, 1.54) is 19.3 Å². The molecule has 0 saturated heterocycles. The molecule has 0 aromatic rings. The lowest BCUT2D eigenvalue weighted by Crippen LogP contribution is -2.30. The molecule has 0 aliphatic heterocycles. The van der Waals surface area contributed by atoms with Crippen molar-refractivity contribution in [3.05, 3.63) is 48.6 Å². The summed E-state index contributed by atoms with van der Waals surface area (Å²) in [7, 11) is -9.76. The molecule has 0 aliphatic carbocycles. The number of allylic oxidation sites excluding steroid dienone is 7. The van der Waals surface area contributed by atoms with Crippen LogP contribution < -0.4 is 0 Å². The number of hydrogen-bond acceptors (Lipinski definition) is 12. The third-order valence-corrected chi connectivity index (χ3v) is 9.90. The lowest BCUT2D eigenvalue weighted by molar-refractivity contribution is -0.161. The zero-order valence-electron chi connectivity index (χ0n) is 33.6. The smallest absolute Gasteiger partial charge is 0.462 e. The van der Waals surface area contributed by atoms with Crippen LogP contribution in [0.2, 0.25) is 0 Å². The summed E-state index contributed by atoms with van der Waals surface area (Å²) >= 11 is 0. The van der Waals surface area contributed by atoms with Crippen LogP contribution in [0, 0.1) is 5.92 Å². The highest BCUT2D eigenvalue weighted by atomic mass is 31.2. The van der Waals surface area contributed by atoms with E-state index in [-0.39, 0.29) is 32.1 Å². The maximum Gasteiger partial charge on any atom is 0.472 e. The molecule has 0 heterocycles. The topological polar surface area (TPSA) is 236 Å². The minimum absolute atomic E-state index is 0.0670. The van der Waals surface area contributed by atoms with Gasteiger partial charge in [-0.05, 0) is 57.3 Å². The van der Waals surface area contributed by atoms with Gasteiger partial charge >= 0.3 is 27.6 Å². The Morgan fingerprint density at radius 2 is 1.14 bits per heavy atom. The molecule has 0 rings (SSSR count). The van der Waals surface area contributed by atoms with Crippen LogP contribution in [0.5, 0.6) is 0 Å². The zero-order chi connectivity index (χ0) is 42.1. The van der Waals surface area contributed by atoms with Crippen molar-refractivity contribution in [2.45, 2.75) is 154 Å². The Bertz CT molecular complexity index is 1230. The molecule has 15 nitrogen and oxygen atoms in total. The molecule has 0 bridgehead atoms. The van der Waals surface area contributed by atoms with Crippen LogP contribution in [0.15, 0.2) is 48.6 Å². The molecule has 0 amide bonds. The van der Waals surface area contributed by atoms with E-state index in [0.717, 1.165) is 44.9 Å². The summed E-state index contributed by atoms with van der Waals surface area (Å²) in [5, 5.41) is 30.3. The van der Waals surface area contributed by atoms with Crippen molar-refractivity contribution in [3.63, 3.8) is 0 Å². The highest BCUT2D eigenvalue weighted by molar-refractivity contribution is 7.47. The van der Waals surface area contributed by atoms with Gasteiger partial charge in [-0.15, -0.1) is 0 Å². The number of ether oxygens (including phenoxy) is 2. The normalized spacial score (nSPS) is 16.4. The van der Waals surface area contributed by atoms with Gasteiger partial charge in [0.1, 0.15) is 12.7 Å². The van der Waals surface area contributed by atoms with Gasteiger partial charge in [0.15, 0.2) is 6.10 Å². The predicted molar refractivity (Wildman–Crippen MR) is 214 cm³/mol. The number of carbonyl (C=O) groups excluding carboxylic acids is 2. The number of hydrogen-bond donors (Lipinski definition) is 6. The molecule has 0 saturated carbocycles. The zero-order valence-corrected chi connectivity index (χ0v) is 35.4. The Hall–Kier alpha value is -2.00. The Labute approximate surface area is 334 Å². The Kier molecular flexibility index (Phi) is 32.7. The number of unbranched alkanes of at least 4 members (excludes halogenated alkanes) is 5. The molecule has 0 aromatic heterocycles. The predicted octanol–water partition coefficient (Wildman–Crippen LogP) is 7.30. The Balaban J connectivity index is 4.80. The summed E-state index contributed by atoms with van der Waals surface area (Å²) in [6.07, 6.45) is 23.2. The van der Waals surface area contributed by atoms with Crippen LogP contribution in [0.1, 0.15) is 130 Å². The van der Waals surface area contributed by atoms with Crippen molar-refractivity contribution in [2.24, 2.45) is 5.92 Å². The SMILES string of the molecule is CC/C=C\C/C=C\C/C=C\C/C=C\C[C@H](O)[C@@H](O)CCCC(=O)OC[C@H](COP(=O)(O)OC[C@@H](O)COP(=O)(O)O)OC(=O)CCCCCCCCC(C)CC. The minimum atomic E-state index is -4.89. The van der Waals surface area contributed by atoms with Crippen molar-refractivity contribution in [2.75, 3.05) is 26.4 Å². The van der Waals surface area contributed by atoms with Crippen molar-refractivity contribution in [1.29, 1.82) is 0 Å². The van der Waals surface area contributed by atoms with Gasteiger partial charge in [-0.1, -0.05) is 114 Å². The summed E-state index contributed by atoms with van der Waals surface area (Å²) in [6.45, 7) is 3.51. The number of carbonyl (C=O) groups is 2. The maximum atomic E-state index is 12.6. The number of phosphoric ester groups is 2. The van der Waals surface area contributed by atoms with Crippen LogP contribution in [0.3, 0.4) is 0 Å². The minimum Gasteiger partial charge on any atom is -0.462 e. The first-order valence-electron chi connectivity index (χ1n) is 19.9. The largest absolute Gasteiger partial charge is 0.472 e. The standard InChI is InChI=1S/C39H70O15P2/c1-4-6-7-8-9-10-11-12-13-14-18-21-25-36(41)37(42)26-23-28-38(43)50-31-35(32-53-56(48,49)52-30-34(40)29-51-55(45,46)47)54-39(44)27-22-19-16-15-17-20-24-33(3)5-2/h6-7,9-10,12-13,18,21,33-37,40-42H,4-5,8,11,14-17,19-20,22-32H2,1-3H3,(H,48,49)(H2,45,46,47)/b7-6-,10-9-,13-12-,21-18-/t33?,34-,35+,36-,37-/m0/s1. The molecule has 2 unspecified atom stereocenters. The molecule has 0 aliphatic rings. The van der Waals surface area contributed by atoms with Gasteiger partial charge in [0, 0.05) is 12.8 Å². The van der Waals surface area contributed by atoms with Crippen LogP contribution in [-0.4, -0.2) is 92.8 Å². The van der Waals surface area contributed by atoms with E-state index in [0.29, 0.717) is 18.8 Å². The number of rotatable bonds is 36. The van der Waals surface area contributed by atoms with Crippen LogP contribution in [-0.2, 0) is 41.8 Å². The average molecular weight is 841 g/mol. The molecule has 0 aromatic carbocycles. The molecule has 326 valence electrons. The Morgan fingerprint density at radius 3 is 1.75 bits per heavy atom. The van der Waals surface area contributed by atoms with E-state index in [4.69, 9.17) is 23.8 Å². The first-order valence-corrected chi connectivity index (χ1v) is 22.9. The molecule has 0 spiro atoms. The summed E-state index contributed by atoms with van der Waals surface area (Å²) in [6, 6.07) is 0. The number of esters is 2. The average Bonchev–Trinajstić information content (AvgIpc) is 3.15. The summed E-state index contributed by atoms with van der Waals surface area (Å²) in [5.74, 6) is -0.611.